The van der Waals surface area contributed by atoms with Gasteiger partial charge in [0.1, 0.15) is 0 Å². The van der Waals surface area contributed by atoms with Crippen LogP contribution in [0.4, 0.5) is 0 Å². The van der Waals surface area contributed by atoms with Crippen LogP contribution in [0.15, 0.2) is 6.33 Å². The van der Waals surface area contributed by atoms with E-state index < -0.39 is 0 Å². The van der Waals surface area contributed by atoms with Gasteiger partial charge >= 0.3 is 0 Å². The normalized spacial score (nSPS) is 20.4. The summed E-state index contributed by atoms with van der Waals surface area (Å²) in [4.78, 5) is 9.94. The summed E-state index contributed by atoms with van der Waals surface area (Å²) in [6.45, 7) is 7.71. The number of imidazole rings is 1. The summed E-state index contributed by atoms with van der Waals surface area (Å²) in [5.74, 6) is 0.731. The van der Waals surface area contributed by atoms with E-state index in [1.807, 2.05) is 0 Å². The van der Waals surface area contributed by atoms with Crippen LogP contribution in [0, 0.1) is 5.92 Å². The van der Waals surface area contributed by atoms with Crippen LogP contribution in [-0.4, -0.2) is 41.0 Å². The first-order valence-electron chi connectivity index (χ1n) is 6.08. The summed E-state index contributed by atoms with van der Waals surface area (Å²) in [6.07, 6.45) is 2.84. The van der Waals surface area contributed by atoms with Gasteiger partial charge in [-0.05, 0) is 13.0 Å². The van der Waals surface area contributed by atoms with Crippen LogP contribution in [0.1, 0.15) is 25.2 Å². The van der Waals surface area contributed by atoms with Crippen LogP contribution >= 0.6 is 0 Å². The zero-order chi connectivity index (χ0) is 11.5. The highest BCUT2D eigenvalue weighted by molar-refractivity contribution is 5.15. The molecule has 16 heavy (non-hydrogen) atoms. The second-order valence-electron chi connectivity index (χ2n) is 5.22. The summed E-state index contributed by atoms with van der Waals surface area (Å²) < 4.78 is 0. The molecule has 1 aliphatic heterocycles. The van der Waals surface area contributed by atoms with Gasteiger partial charge in [-0.15, -0.1) is 0 Å². The predicted molar refractivity (Wildman–Crippen MR) is 65.3 cm³/mol. The van der Waals surface area contributed by atoms with Gasteiger partial charge in [0.25, 0.3) is 0 Å². The number of nitrogens with zero attached hydrogens (tertiary/aromatic N) is 2. The molecule has 0 bridgehead atoms. The van der Waals surface area contributed by atoms with Gasteiger partial charge < -0.3 is 15.2 Å². The molecule has 1 atom stereocenters. The molecule has 0 aliphatic carbocycles. The van der Waals surface area contributed by atoms with Crippen LogP contribution in [0.3, 0.4) is 0 Å². The maximum absolute atomic E-state index is 4.36. The predicted octanol–water partition coefficient (Wildman–Crippen LogP) is 1.01. The Balaban J connectivity index is 1.85. The van der Waals surface area contributed by atoms with Crippen LogP contribution < -0.4 is 5.32 Å². The van der Waals surface area contributed by atoms with Crippen molar-refractivity contribution < 1.29 is 0 Å². The third-order valence-corrected chi connectivity index (χ3v) is 3.02. The van der Waals surface area contributed by atoms with Gasteiger partial charge in [0.15, 0.2) is 0 Å². The quantitative estimate of drug-likeness (QED) is 0.799. The average Bonchev–Trinajstić information content (AvgIpc) is 2.63. The molecule has 1 aromatic heterocycles. The van der Waals surface area contributed by atoms with Crippen molar-refractivity contribution in [2.24, 2.45) is 5.92 Å². The molecule has 4 nitrogen and oxygen atoms in total. The lowest BCUT2D eigenvalue weighted by Gasteiger charge is -2.28. The Morgan fingerprint density at radius 3 is 3.12 bits per heavy atom. The number of hydrogen-bond donors (Lipinski definition) is 2. The number of rotatable bonds is 4. The monoisotopic (exact) mass is 222 g/mol. The molecular formula is C12H22N4. The molecule has 0 saturated heterocycles. The number of aromatic amines is 1. The Bertz CT molecular complexity index is 332. The highest BCUT2D eigenvalue weighted by atomic mass is 15.1. The van der Waals surface area contributed by atoms with Gasteiger partial charge in [0.05, 0.1) is 17.7 Å². The molecular weight excluding hydrogens is 200 g/mol. The first-order valence-corrected chi connectivity index (χ1v) is 6.08. The number of fused-ring (bicyclic) bond motifs is 1. The van der Waals surface area contributed by atoms with Gasteiger partial charge in [-0.1, -0.05) is 13.8 Å². The van der Waals surface area contributed by atoms with E-state index in [1.165, 1.54) is 11.4 Å². The van der Waals surface area contributed by atoms with E-state index in [0.717, 1.165) is 32.0 Å². The second-order valence-corrected chi connectivity index (χ2v) is 5.22. The lowest BCUT2D eigenvalue weighted by atomic mass is 10.0. The van der Waals surface area contributed by atoms with Crippen molar-refractivity contribution in [3.63, 3.8) is 0 Å². The van der Waals surface area contributed by atoms with E-state index in [1.54, 1.807) is 6.33 Å². The van der Waals surface area contributed by atoms with Crippen LogP contribution in [-0.2, 0) is 13.0 Å². The van der Waals surface area contributed by atoms with Gasteiger partial charge in [0, 0.05) is 32.1 Å². The van der Waals surface area contributed by atoms with E-state index in [4.69, 9.17) is 0 Å². The number of nitrogens with one attached hydrogen (secondary N) is 2. The minimum Gasteiger partial charge on any atom is -0.347 e. The van der Waals surface area contributed by atoms with Crippen molar-refractivity contribution in [3.8, 4) is 0 Å². The van der Waals surface area contributed by atoms with Crippen LogP contribution in [0.25, 0.3) is 0 Å². The van der Waals surface area contributed by atoms with Crippen molar-refractivity contribution in [2.75, 3.05) is 20.1 Å². The smallest absolute Gasteiger partial charge is 0.0925 e. The highest BCUT2D eigenvalue weighted by Crippen LogP contribution is 2.12. The zero-order valence-electron chi connectivity index (χ0n) is 10.5. The van der Waals surface area contributed by atoms with Crippen molar-refractivity contribution in [2.45, 2.75) is 32.9 Å². The molecule has 0 spiro atoms. The zero-order valence-corrected chi connectivity index (χ0v) is 10.5. The molecule has 2 heterocycles. The van der Waals surface area contributed by atoms with Crippen molar-refractivity contribution in [1.29, 1.82) is 0 Å². The van der Waals surface area contributed by atoms with Crippen LogP contribution in [0.5, 0.6) is 0 Å². The Morgan fingerprint density at radius 1 is 1.56 bits per heavy atom. The lowest BCUT2D eigenvalue weighted by Crippen LogP contribution is -2.44. The van der Waals surface area contributed by atoms with Gasteiger partial charge in [0.2, 0.25) is 0 Å². The lowest BCUT2D eigenvalue weighted by molar-refractivity contribution is 0.254. The van der Waals surface area contributed by atoms with Gasteiger partial charge in [-0.25, -0.2) is 4.98 Å². The summed E-state index contributed by atoms with van der Waals surface area (Å²) in [7, 11) is 2.20. The first-order chi connectivity index (χ1) is 7.65. The fourth-order valence-corrected chi connectivity index (χ4v) is 2.43. The summed E-state index contributed by atoms with van der Waals surface area (Å²) in [5.41, 5.74) is 2.49. The highest BCUT2D eigenvalue weighted by Gasteiger charge is 2.20. The average molecular weight is 222 g/mol. The van der Waals surface area contributed by atoms with Gasteiger partial charge in [-0.2, -0.15) is 0 Å². The SMILES string of the molecule is CC(C)CN(C)CC1Cc2nc[nH]c2CN1. The number of H-pyrrole nitrogens is 1. The minimum absolute atomic E-state index is 0.541. The molecule has 1 unspecified atom stereocenters. The molecule has 0 radical (unpaired) electrons. The topological polar surface area (TPSA) is 44.0 Å². The Kier molecular flexibility index (Phi) is 3.61. The number of likely N-dealkylation sites (N-methyl/N-ethyl adjacent to an activating group) is 1. The van der Waals surface area contributed by atoms with Crippen molar-refractivity contribution in [1.82, 2.24) is 20.2 Å². The molecule has 2 N–H and O–H groups in total. The minimum atomic E-state index is 0.541. The molecule has 1 aliphatic rings. The second kappa shape index (κ2) is 4.97. The Morgan fingerprint density at radius 2 is 2.38 bits per heavy atom. The maximum Gasteiger partial charge on any atom is 0.0925 e. The third kappa shape index (κ3) is 2.83. The largest absolute Gasteiger partial charge is 0.347 e. The van der Waals surface area contributed by atoms with Gasteiger partial charge in [-0.3, -0.25) is 0 Å². The van der Waals surface area contributed by atoms with Crippen LogP contribution in [0.2, 0.25) is 0 Å². The molecule has 4 heteroatoms. The molecule has 1 aromatic rings. The fraction of sp³-hybridized carbons (Fsp3) is 0.750. The maximum atomic E-state index is 4.36. The summed E-state index contributed by atoms with van der Waals surface area (Å²) in [6, 6.07) is 0.541. The van der Waals surface area contributed by atoms with E-state index in [-0.39, 0.29) is 0 Å². The number of hydrogen-bond acceptors (Lipinski definition) is 3. The molecule has 90 valence electrons. The molecule has 0 aromatic carbocycles. The standard InChI is InChI=1S/C12H22N4/c1-9(2)6-16(3)7-10-4-11-12(5-13-10)15-8-14-11/h8-10,13H,4-7H2,1-3H3,(H,14,15). The Labute approximate surface area is 97.4 Å². The van der Waals surface area contributed by atoms with E-state index in [9.17, 15) is 0 Å². The first kappa shape index (κ1) is 11.6. The van der Waals surface area contributed by atoms with E-state index in [0.29, 0.717) is 6.04 Å². The van der Waals surface area contributed by atoms with Crippen molar-refractivity contribution in [3.05, 3.63) is 17.7 Å². The Hall–Kier alpha value is -0.870. The third-order valence-electron chi connectivity index (χ3n) is 3.02. The molecule has 0 saturated carbocycles. The van der Waals surface area contributed by atoms with E-state index >= 15 is 0 Å². The van der Waals surface area contributed by atoms with E-state index in [2.05, 4.69) is 41.1 Å². The number of aromatic nitrogens is 2. The summed E-state index contributed by atoms with van der Waals surface area (Å²) in [5, 5.41) is 3.55. The summed E-state index contributed by atoms with van der Waals surface area (Å²) >= 11 is 0. The molecule has 0 fully saturated rings. The molecule has 0 amide bonds. The van der Waals surface area contributed by atoms with Crippen molar-refractivity contribution >= 4 is 0 Å². The fourth-order valence-electron chi connectivity index (χ4n) is 2.43. The molecule has 2 rings (SSSR count).